The molecule has 3 nitrogen and oxygen atoms in total. The number of nitrogens with one attached hydrogen (secondary N) is 1. The summed E-state index contributed by atoms with van der Waals surface area (Å²) in [6.07, 6.45) is 6.68. The van der Waals surface area contributed by atoms with E-state index in [0.717, 1.165) is 11.3 Å². The van der Waals surface area contributed by atoms with E-state index < -0.39 is 0 Å². The number of hydrazone groups is 1. The van der Waals surface area contributed by atoms with Crippen molar-refractivity contribution in [2.45, 2.75) is 44.9 Å². The third kappa shape index (κ3) is 4.10. The van der Waals surface area contributed by atoms with Gasteiger partial charge >= 0.3 is 0 Å². The fourth-order valence-corrected chi connectivity index (χ4v) is 3.29. The molecule has 0 aliphatic heterocycles. The SMILES string of the molecule is C/C(=N\NC(=O)c1ccccc1)c1ccc(C2CCCCC2)cc1. The van der Waals surface area contributed by atoms with Crippen LogP contribution in [0.4, 0.5) is 0 Å². The molecular formula is C21H24N2O. The van der Waals surface area contributed by atoms with Gasteiger partial charge in [-0.2, -0.15) is 5.10 Å². The fraction of sp³-hybridized carbons (Fsp3) is 0.333. The van der Waals surface area contributed by atoms with E-state index in [0.29, 0.717) is 11.5 Å². The Bertz CT molecular complexity index is 698. The summed E-state index contributed by atoms with van der Waals surface area (Å²) in [5.74, 6) is 0.525. The first-order valence-electron chi connectivity index (χ1n) is 8.74. The highest BCUT2D eigenvalue weighted by Gasteiger charge is 2.15. The first kappa shape index (κ1) is 16.4. The highest BCUT2D eigenvalue weighted by atomic mass is 16.2. The van der Waals surface area contributed by atoms with E-state index in [9.17, 15) is 4.79 Å². The van der Waals surface area contributed by atoms with Crippen molar-refractivity contribution in [3.05, 3.63) is 71.3 Å². The third-order valence-electron chi connectivity index (χ3n) is 4.77. The second kappa shape index (κ2) is 7.91. The predicted octanol–water partition coefficient (Wildman–Crippen LogP) is 4.89. The lowest BCUT2D eigenvalue weighted by atomic mass is 9.84. The van der Waals surface area contributed by atoms with Crippen molar-refractivity contribution >= 4 is 11.6 Å². The van der Waals surface area contributed by atoms with Crippen LogP contribution in [0.5, 0.6) is 0 Å². The lowest BCUT2D eigenvalue weighted by Gasteiger charge is -2.22. The Morgan fingerprint density at radius 2 is 1.58 bits per heavy atom. The Labute approximate surface area is 143 Å². The third-order valence-corrected chi connectivity index (χ3v) is 4.77. The number of benzene rings is 2. The minimum atomic E-state index is -0.186. The van der Waals surface area contributed by atoms with Gasteiger partial charge in [-0.15, -0.1) is 0 Å². The van der Waals surface area contributed by atoms with Crippen LogP contribution in [-0.2, 0) is 0 Å². The molecule has 1 fully saturated rings. The number of rotatable bonds is 4. The van der Waals surface area contributed by atoms with Crippen LogP contribution in [-0.4, -0.2) is 11.6 Å². The van der Waals surface area contributed by atoms with Gasteiger partial charge in [0.15, 0.2) is 0 Å². The monoisotopic (exact) mass is 320 g/mol. The average Bonchev–Trinajstić information content (AvgIpc) is 2.67. The van der Waals surface area contributed by atoms with Gasteiger partial charge in [0.05, 0.1) is 5.71 Å². The quantitative estimate of drug-likeness (QED) is 0.632. The molecule has 24 heavy (non-hydrogen) atoms. The van der Waals surface area contributed by atoms with Gasteiger partial charge in [0, 0.05) is 5.56 Å². The molecule has 3 heteroatoms. The molecule has 1 aliphatic carbocycles. The molecule has 0 spiro atoms. The molecule has 0 atom stereocenters. The normalized spacial score (nSPS) is 16.0. The Kier molecular flexibility index (Phi) is 5.42. The molecular weight excluding hydrogens is 296 g/mol. The first-order chi connectivity index (χ1) is 11.7. The van der Waals surface area contributed by atoms with Crippen LogP contribution in [0.25, 0.3) is 0 Å². The lowest BCUT2D eigenvalue weighted by Crippen LogP contribution is -2.19. The summed E-state index contributed by atoms with van der Waals surface area (Å²) in [5, 5.41) is 4.23. The zero-order valence-corrected chi connectivity index (χ0v) is 14.2. The molecule has 0 heterocycles. The minimum absolute atomic E-state index is 0.186. The largest absolute Gasteiger partial charge is 0.271 e. The van der Waals surface area contributed by atoms with Crippen LogP contribution in [0.1, 0.15) is 66.4 Å². The maximum absolute atomic E-state index is 12.0. The molecule has 1 amide bonds. The molecule has 0 aromatic heterocycles. The highest BCUT2D eigenvalue weighted by Crippen LogP contribution is 2.32. The van der Waals surface area contributed by atoms with Crippen molar-refractivity contribution < 1.29 is 4.79 Å². The van der Waals surface area contributed by atoms with Crippen LogP contribution in [0.3, 0.4) is 0 Å². The summed E-state index contributed by atoms with van der Waals surface area (Å²) < 4.78 is 0. The summed E-state index contributed by atoms with van der Waals surface area (Å²) in [7, 11) is 0. The van der Waals surface area contributed by atoms with Crippen molar-refractivity contribution in [3.8, 4) is 0 Å². The van der Waals surface area contributed by atoms with E-state index in [4.69, 9.17) is 0 Å². The molecule has 2 aromatic rings. The molecule has 0 saturated heterocycles. The summed E-state index contributed by atoms with van der Waals surface area (Å²) in [6.45, 7) is 1.92. The van der Waals surface area contributed by atoms with Gasteiger partial charge in [-0.05, 0) is 48.9 Å². The van der Waals surface area contributed by atoms with Crippen molar-refractivity contribution in [2.24, 2.45) is 5.10 Å². The average molecular weight is 320 g/mol. The van der Waals surface area contributed by atoms with E-state index in [2.05, 4.69) is 34.8 Å². The van der Waals surface area contributed by atoms with Gasteiger partial charge in [-0.25, -0.2) is 5.43 Å². The second-order valence-corrected chi connectivity index (χ2v) is 6.46. The van der Waals surface area contributed by atoms with Crippen LogP contribution >= 0.6 is 0 Å². The van der Waals surface area contributed by atoms with E-state index in [1.807, 2.05) is 25.1 Å². The zero-order chi connectivity index (χ0) is 16.8. The van der Waals surface area contributed by atoms with Crippen LogP contribution in [0.15, 0.2) is 59.7 Å². The molecule has 2 aromatic carbocycles. The molecule has 124 valence electrons. The minimum Gasteiger partial charge on any atom is -0.267 e. The van der Waals surface area contributed by atoms with Gasteiger partial charge in [0.2, 0.25) is 0 Å². The molecule has 0 bridgehead atoms. The molecule has 1 aliphatic rings. The number of nitrogens with zero attached hydrogens (tertiary/aromatic N) is 1. The zero-order valence-electron chi connectivity index (χ0n) is 14.2. The Hall–Kier alpha value is -2.42. The van der Waals surface area contributed by atoms with Crippen molar-refractivity contribution in [1.29, 1.82) is 0 Å². The van der Waals surface area contributed by atoms with Crippen LogP contribution in [0, 0.1) is 0 Å². The number of carbonyl (C=O) groups excluding carboxylic acids is 1. The van der Waals surface area contributed by atoms with E-state index >= 15 is 0 Å². The summed E-state index contributed by atoms with van der Waals surface area (Å²) in [6, 6.07) is 17.8. The maximum atomic E-state index is 12.0. The smallest absolute Gasteiger partial charge is 0.267 e. The summed E-state index contributed by atoms with van der Waals surface area (Å²) in [5.41, 5.74) is 6.53. The Morgan fingerprint density at radius 1 is 0.917 bits per heavy atom. The van der Waals surface area contributed by atoms with Crippen LogP contribution < -0.4 is 5.43 Å². The van der Waals surface area contributed by atoms with Crippen LogP contribution in [0.2, 0.25) is 0 Å². The summed E-state index contributed by atoms with van der Waals surface area (Å²) >= 11 is 0. The lowest BCUT2D eigenvalue weighted by molar-refractivity contribution is 0.0955. The van der Waals surface area contributed by atoms with E-state index in [1.54, 1.807) is 12.1 Å². The molecule has 3 rings (SSSR count). The fourth-order valence-electron chi connectivity index (χ4n) is 3.29. The Morgan fingerprint density at radius 3 is 2.25 bits per heavy atom. The van der Waals surface area contributed by atoms with E-state index in [-0.39, 0.29) is 5.91 Å². The van der Waals surface area contributed by atoms with Gasteiger partial charge in [-0.1, -0.05) is 61.7 Å². The number of hydrogen-bond acceptors (Lipinski definition) is 2. The molecule has 0 radical (unpaired) electrons. The van der Waals surface area contributed by atoms with Gasteiger partial charge in [0.1, 0.15) is 0 Å². The van der Waals surface area contributed by atoms with Crippen molar-refractivity contribution in [2.75, 3.05) is 0 Å². The van der Waals surface area contributed by atoms with Crippen molar-refractivity contribution in [3.63, 3.8) is 0 Å². The standard InChI is InChI=1S/C21H24N2O/c1-16(22-23-21(24)20-10-6-3-7-11-20)17-12-14-19(15-13-17)18-8-4-2-5-9-18/h3,6-7,10-15,18H,2,4-5,8-9H2,1H3,(H,23,24)/b22-16+. The number of hydrogen-bond donors (Lipinski definition) is 1. The van der Waals surface area contributed by atoms with Gasteiger partial charge < -0.3 is 0 Å². The maximum Gasteiger partial charge on any atom is 0.271 e. The topological polar surface area (TPSA) is 41.5 Å². The first-order valence-corrected chi connectivity index (χ1v) is 8.74. The molecule has 0 unspecified atom stereocenters. The molecule has 1 N–H and O–H groups in total. The van der Waals surface area contributed by atoms with Gasteiger partial charge in [-0.3, -0.25) is 4.79 Å². The second-order valence-electron chi connectivity index (χ2n) is 6.46. The highest BCUT2D eigenvalue weighted by molar-refractivity contribution is 6.00. The number of carbonyl (C=O) groups is 1. The summed E-state index contributed by atoms with van der Waals surface area (Å²) in [4.78, 5) is 12.0. The van der Waals surface area contributed by atoms with E-state index in [1.165, 1.54) is 37.7 Å². The van der Waals surface area contributed by atoms with Gasteiger partial charge in [0.25, 0.3) is 5.91 Å². The predicted molar refractivity (Wildman–Crippen MR) is 98.4 cm³/mol. The van der Waals surface area contributed by atoms with Crippen molar-refractivity contribution in [1.82, 2.24) is 5.43 Å². The molecule has 1 saturated carbocycles. The Balaban J connectivity index is 1.64. The number of amides is 1.